The first-order valence-electron chi connectivity index (χ1n) is 13.2. The van der Waals surface area contributed by atoms with E-state index in [0.717, 1.165) is 5.69 Å². The Hall–Kier alpha value is -3.30. The normalized spacial score (nSPS) is 17.9. The van der Waals surface area contributed by atoms with Gasteiger partial charge in [0.05, 0.1) is 17.7 Å². The van der Waals surface area contributed by atoms with Crippen LogP contribution in [0.3, 0.4) is 0 Å². The van der Waals surface area contributed by atoms with Gasteiger partial charge in [-0.2, -0.15) is 0 Å². The second-order valence-corrected chi connectivity index (χ2v) is 11.0. The fourth-order valence-corrected chi connectivity index (χ4v) is 5.50. The van der Waals surface area contributed by atoms with Gasteiger partial charge in [0.1, 0.15) is 5.75 Å². The second-order valence-electron chi connectivity index (χ2n) is 10.5. The monoisotopic (exact) mass is 556 g/mol. The fourth-order valence-electron chi connectivity index (χ4n) is 5.25. The summed E-state index contributed by atoms with van der Waals surface area (Å²) in [5, 5.41) is 11.5. The van der Waals surface area contributed by atoms with Crippen molar-refractivity contribution in [2.45, 2.75) is 25.4 Å². The molecule has 210 valence electrons. The number of anilines is 1. The first kappa shape index (κ1) is 28.7. The summed E-state index contributed by atoms with van der Waals surface area (Å²) in [6.45, 7) is 4.88. The van der Waals surface area contributed by atoms with Crippen molar-refractivity contribution in [3.8, 4) is 5.75 Å². The lowest BCUT2D eigenvalue weighted by Gasteiger charge is -2.40. The van der Waals surface area contributed by atoms with E-state index in [9.17, 15) is 19.5 Å². The highest BCUT2D eigenvalue weighted by atomic mass is 35.5. The van der Waals surface area contributed by atoms with Gasteiger partial charge >= 0.3 is 0 Å². The SMILES string of the molecule is COc1cccc([C@@](C)(O)C(=O)N2CCC(C(=O)N3CCN(c4ccc(C(=O)N(C)C)c(Cl)c4)CC3)CC2)c1. The zero-order chi connectivity index (χ0) is 28.3. The van der Waals surface area contributed by atoms with Gasteiger partial charge in [-0.15, -0.1) is 0 Å². The van der Waals surface area contributed by atoms with Crippen molar-refractivity contribution in [2.24, 2.45) is 5.92 Å². The van der Waals surface area contributed by atoms with Crippen molar-refractivity contribution in [3.05, 3.63) is 58.6 Å². The lowest BCUT2D eigenvalue weighted by atomic mass is 9.90. The number of carbonyl (C=O) groups is 3. The molecule has 2 aliphatic rings. The maximum Gasteiger partial charge on any atom is 0.258 e. The smallest absolute Gasteiger partial charge is 0.258 e. The molecule has 9 nitrogen and oxygen atoms in total. The zero-order valence-electron chi connectivity index (χ0n) is 23.0. The molecule has 0 aromatic heterocycles. The standard InChI is InChI=1S/C29H37ClN4O5/c1-29(38,21-6-5-7-23(18-21)39-4)28(37)34-12-10-20(11-13-34)26(35)33-16-14-32(15-17-33)22-8-9-24(25(30)19-22)27(36)31(2)3/h5-9,18-20,38H,10-17H2,1-4H3/t29-/m1/s1. The van der Waals surface area contributed by atoms with Gasteiger partial charge in [0.15, 0.2) is 5.60 Å². The summed E-state index contributed by atoms with van der Waals surface area (Å²) in [6.07, 6.45) is 1.13. The Labute approximate surface area is 234 Å². The van der Waals surface area contributed by atoms with E-state index in [1.54, 1.807) is 56.4 Å². The van der Waals surface area contributed by atoms with E-state index in [0.29, 0.717) is 74.0 Å². The number of amides is 3. The molecule has 0 spiro atoms. The Balaban J connectivity index is 1.30. The van der Waals surface area contributed by atoms with Crippen molar-refractivity contribution in [2.75, 3.05) is 65.4 Å². The Kier molecular flexibility index (Phi) is 8.71. The van der Waals surface area contributed by atoms with Crippen LogP contribution in [0.2, 0.25) is 5.02 Å². The van der Waals surface area contributed by atoms with Crippen molar-refractivity contribution in [1.29, 1.82) is 0 Å². The minimum atomic E-state index is -1.68. The molecule has 3 amide bonds. The van der Waals surface area contributed by atoms with Gasteiger partial charge in [0.2, 0.25) is 5.91 Å². The molecular weight excluding hydrogens is 520 g/mol. The number of piperazine rings is 1. The molecule has 1 atom stereocenters. The molecule has 0 saturated carbocycles. The lowest BCUT2D eigenvalue weighted by molar-refractivity contribution is -0.153. The number of aliphatic hydroxyl groups is 1. The molecule has 2 aromatic carbocycles. The van der Waals surface area contributed by atoms with Crippen LogP contribution in [0.25, 0.3) is 0 Å². The Bertz CT molecular complexity index is 1220. The molecule has 0 radical (unpaired) electrons. The molecule has 2 heterocycles. The Morgan fingerprint density at radius 3 is 2.23 bits per heavy atom. The fraction of sp³-hybridized carbons (Fsp3) is 0.483. The van der Waals surface area contributed by atoms with Crippen LogP contribution in [-0.4, -0.2) is 98.0 Å². The van der Waals surface area contributed by atoms with Crippen LogP contribution in [0, 0.1) is 5.92 Å². The van der Waals surface area contributed by atoms with E-state index in [2.05, 4.69) is 4.90 Å². The minimum absolute atomic E-state index is 0.117. The maximum atomic E-state index is 13.3. The number of rotatable bonds is 6. The van der Waals surface area contributed by atoms with Crippen molar-refractivity contribution in [1.82, 2.24) is 14.7 Å². The molecule has 10 heteroatoms. The molecule has 39 heavy (non-hydrogen) atoms. The number of hydrogen-bond donors (Lipinski definition) is 1. The number of carbonyl (C=O) groups excluding carboxylic acids is 3. The van der Waals surface area contributed by atoms with E-state index < -0.39 is 5.60 Å². The summed E-state index contributed by atoms with van der Waals surface area (Å²) in [4.78, 5) is 45.9. The number of ether oxygens (including phenoxy) is 1. The van der Waals surface area contributed by atoms with E-state index in [-0.39, 0.29) is 23.6 Å². The molecule has 0 bridgehead atoms. The molecule has 4 rings (SSSR count). The predicted octanol–water partition coefficient (Wildman–Crippen LogP) is 2.85. The highest BCUT2D eigenvalue weighted by Crippen LogP contribution is 2.30. The van der Waals surface area contributed by atoms with Gasteiger partial charge in [0.25, 0.3) is 11.8 Å². The van der Waals surface area contributed by atoms with Crippen LogP contribution in [0.15, 0.2) is 42.5 Å². The number of benzene rings is 2. The summed E-state index contributed by atoms with van der Waals surface area (Å²) >= 11 is 6.39. The van der Waals surface area contributed by atoms with Gasteiger partial charge in [0, 0.05) is 65.0 Å². The van der Waals surface area contributed by atoms with Crippen LogP contribution in [0.5, 0.6) is 5.75 Å². The zero-order valence-corrected chi connectivity index (χ0v) is 23.8. The van der Waals surface area contributed by atoms with Crippen LogP contribution in [0.1, 0.15) is 35.7 Å². The molecule has 0 aliphatic carbocycles. The number of methoxy groups -OCH3 is 1. The Morgan fingerprint density at radius 2 is 1.64 bits per heavy atom. The van der Waals surface area contributed by atoms with Crippen LogP contribution < -0.4 is 9.64 Å². The summed E-state index contributed by atoms with van der Waals surface area (Å²) < 4.78 is 5.23. The average Bonchev–Trinajstić information content (AvgIpc) is 2.96. The summed E-state index contributed by atoms with van der Waals surface area (Å²) in [5.74, 6) is 0.0368. The summed E-state index contributed by atoms with van der Waals surface area (Å²) in [5.41, 5.74) is 0.192. The molecule has 2 fully saturated rings. The third-order valence-corrected chi connectivity index (χ3v) is 8.04. The van der Waals surface area contributed by atoms with Crippen molar-refractivity contribution in [3.63, 3.8) is 0 Å². The summed E-state index contributed by atoms with van der Waals surface area (Å²) in [7, 11) is 4.92. The number of likely N-dealkylation sites (tertiary alicyclic amines) is 1. The highest BCUT2D eigenvalue weighted by Gasteiger charge is 2.39. The molecule has 2 aromatic rings. The van der Waals surface area contributed by atoms with Crippen molar-refractivity contribution < 1.29 is 24.2 Å². The van der Waals surface area contributed by atoms with Crippen molar-refractivity contribution >= 4 is 35.0 Å². The van der Waals surface area contributed by atoms with Gasteiger partial charge in [-0.25, -0.2) is 0 Å². The molecule has 2 aliphatic heterocycles. The first-order chi connectivity index (χ1) is 18.5. The number of nitrogens with zero attached hydrogens (tertiary/aromatic N) is 4. The highest BCUT2D eigenvalue weighted by molar-refractivity contribution is 6.34. The molecule has 0 unspecified atom stereocenters. The molecule has 1 N–H and O–H groups in total. The molecule has 2 saturated heterocycles. The van der Waals surface area contributed by atoms with E-state index >= 15 is 0 Å². The minimum Gasteiger partial charge on any atom is -0.497 e. The third kappa shape index (κ3) is 6.15. The average molecular weight is 557 g/mol. The van der Waals surface area contributed by atoms with E-state index in [1.165, 1.54) is 11.8 Å². The van der Waals surface area contributed by atoms with Gasteiger partial charge in [-0.3, -0.25) is 14.4 Å². The predicted molar refractivity (Wildman–Crippen MR) is 150 cm³/mol. The van der Waals surface area contributed by atoms with Crippen LogP contribution in [-0.2, 0) is 15.2 Å². The Morgan fingerprint density at radius 1 is 0.974 bits per heavy atom. The first-order valence-corrected chi connectivity index (χ1v) is 13.6. The van der Waals surface area contributed by atoms with Crippen LogP contribution in [0.4, 0.5) is 5.69 Å². The van der Waals surface area contributed by atoms with Gasteiger partial charge in [-0.1, -0.05) is 23.7 Å². The summed E-state index contributed by atoms with van der Waals surface area (Å²) in [6, 6.07) is 12.3. The number of piperidine rings is 1. The van der Waals surface area contributed by atoms with E-state index in [1.807, 2.05) is 17.0 Å². The number of hydrogen-bond acceptors (Lipinski definition) is 6. The van der Waals surface area contributed by atoms with Gasteiger partial charge < -0.3 is 29.4 Å². The molecular formula is C29H37ClN4O5. The van der Waals surface area contributed by atoms with E-state index in [4.69, 9.17) is 16.3 Å². The number of halogens is 1. The maximum absolute atomic E-state index is 13.3. The largest absolute Gasteiger partial charge is 0.497 e. The van der Waals surface area contributed by atoms with Gasteiger partial charge in [-0.05, 0) is 55.7 Å². The van der Waals surface area contributed by atoms with Crippen LogP contribution >= 0.6 is 11.6 Å². The topological polar surface area (TPSA) is 93.6 Å². The second kappa shape index (κ2) is 11.8. The third-order valence-electron chi connectivity index (χ3n) is 7.73. The quantitative estimate of drug-likeness (QED) is 0.588. The lowest BCUT2D eigenvalue weighted by Crippen LogP contribution is -2.53.